The van der Waals surface area contributed by atoms with Gasteiger partial charge in [-0.2, -0.15) is 5.10 Å². The molecule has 0 atom stereocenters. The summed E-state index contributed by atoms with van der Waals surface area (Å²) in [6.45, 7) is 2.12. The second-order valence-corrected chi connectivity index (χ2v) is 2.14. The Labute approximate surface area is 70.1 Å². The zero-order chi connectivity index (χ0) is 8.97. The molecule has 0 radical (unpaired) electrons. The molecule has 5 nitrogen and oxygen atoms in total. The van der Waals surface area contributed by atoms with Crippen LogP contribution in [-0.2, 0) is 4.74 Å². The molecule has 0 aromatic carbocycles. The summed E-state index contributed by atoms with van der Waals surface area (Å²) in [6.07, 6.45) is 0. The van der Waals surface area contributed by atoms with Crippen molar-refractivity contribution in [2.75, 3.05) is 19.0 Å². The summed E-state index contributed by atoms with van der Waals surface area (Å²) in [7, 11) is 1.74. The fraction of sp³-hybridized carbons (Fsp3) is 0.429. The topological polar surface area (TPSA) is 67.0 Å². The minimum absolute atomic E-state index is 0.293. The maximum Gasteiger partial charge on any atom is 0.358 e. The van der Waals surface area contributed by atoms with Gasteiger partial charge in [-0.15, -0.1) is 0 Å². The molecule has 66 valence electrons. The molecule has 1 rings (SSSR count). The number of rotatable bonds is 3. The first-order valence-corrected chi connectivity index (χ1v) is 3.68. The van der Waals surface area contributed by atoms with Crippen LogP contribution >= 0.6 is 0 Å². The number of ether oxygens (including phenoxy) is 1. The second-order valence-electron chi connectivity index (χ2n) is 2.14. The van der Waals surface area contributed by atoms with E-state index in [1.807, 2.05) is 0 Å². The average Bonchev–Trinajstić information content (AvgIpc) is 2.52. The van der Waals surface area contributed by atoms with E-state index >= 15 is 0 Å². The normalized spacial score (nSPS) is 9.50. The molecule has 0 unspecified atom stereocenters. The predicted molar refractivity (Wildman–Crippen MR) is 44.1 cm³/mol. The largest absolute Gasteiger partial charge is 0.461 e. The molecule has 0 bridgehead atoms. The number of hydrogen-bond acceptors (Lipinski definition) is 4. The lowest BCUT2D eigenvalue weighted by Crippen LogP contribution is -2.04. The number of anilines is 1. The van der Waals surface area contributed by atoms with E-state index in [4.69, 9.17) is 4.74 Å². The van der Waals surface area contributed by atoms with E-state index in [0.29, 0.717) is 18.1 Å². The van der Waals surface area contributed by atoms with Crippen molar-refractivity contribution in [2.24, 2.45) is 0 Å². The van der Waals surface area contributed by atoms with Gasteiger partial charge < -0.3 is 10.1 Å². The summed E-state index contributed by atoms with van der Waals surface area (Å²) in [5.41, 5.74) is 0.293. The first kappa shape index (κ1) is 8.58. The molecule has 1 aromatic heterocycles. The van der Waals surface area contributed by atoms with Crippen LogP contribution in [0.25, 0.3) is 0 Å². The average molecular weight is 169 g/mol. The van der Waals surface area contributed by atoms with E-state index in [1.54, 1.807) is 20.0 Å². The number of H-pyrrole nitrogens is 1. The van der Waals surface area contributed by atoms with Crippen LogP contribution in [0.4, 0.5) is 5.82 Å². The molecular formula is C7H11N3O2. The van der Waals surface area contributed by atoms with E-state index < -0.39 is 5.97 Å². The first-order chi connectivity index (χ1) is 5.77. The van der Waals surface area contributed by atoms with Crippen molar-refractivity contribution in [3.8, 4) is 0 Å². The van der Waals surface area contributed by atoms with Gasteiger partial charge in [-0.05, 0) is 6.92 Å². The molecule has 0 fully saturated rings. The molecule has 0 aliphatic heterocycles. The monoisotopic (exact) mass is 169 g/mol. The van der Waals surface area contributed by atoms with Crippen LogP contribution < -0.4 is 5.32 Å². The third-order valence-corrected chi connectivity index (χ3v) is 1.33. The maximum absolute atomic E-state index is 11.0. The first-order valence-electron chi connectivity index (χ1n) is 3.68. The number of nitrogens with one attached hydrogen (secondary N) is 2. The summed E-state index contributed by atoms with van der Waals surface area (Å²) in [6, 6.07) is 1.60. The van der Waals surface area contributed by atoms with E-state index in [9.17, 15) is 4.79 Å². The van der Waals surface area contributed by atoms with Crippen LogP contribution in [0.5, 0.6) is 0 Å². The number of aromatic nitrogens is 2. The molecule has 0 amide bonds. The third-order valence-electron chi connectivity index (χ3n) is 1.33. The molecule has 1 heterocycles. The van der Waals surface area contributed by atoms with Crippen LogP contribution in [0.15, 0.2) is 6.07 Å². The van der Waals surface area contributed by atoms with E-state index in [1.165, 1.54) is 0 Å². The van der Waals surface area contributed by atoms with Gasteiger partial charge in [0, 0.05) is 13.1 Å². The molecule has 12 heavy (non-hydrogen) atoms. The van der Waals surface area contributed by atoms with Crippen LogP contribution in [0.1, 0.15) is 17.4 Å². The van der Waals surface area contributed by atoms with Crippen LogP contribution in [0.3, 0.4) is 0 Å². The Bertz CT molecular complexity index is 269. The standard InChI is InChI=1S/C7H11N3O2/c1-3-12-7(11)5-4-6(8-2)10-9-5/h4H,3H2,1-2H3,(H2,8,9,10). The quantitative estimate of drug-likeness (QED) is 0.651. The number of carbonyl (C=O) groups excluding carboxylic acids is 1. The van der Waals surface area contributed by atoms with Crippen LogP contribution in [0, 0.1) is 0 Å². The minimum atomic E-state index is -0.407. The summed E-state index contributed by atoms with van der Waals surface area (Å²) < 4.78 is 4.74. The molecule has 0 saturated heterocycles. The van der Waals surface area contributed by atoms with Gasteiger partial charge >= 0.3 is 5.97 Å². The molecular weight excluding hydrogens is 158 g/mol. The maximum atomic E-state index is 11.0. The molecule has 2 N–H and O–H groups in total. The van der Waals surface area contributed by atoms with Crippen LogP contribution in [0.2, 0.25) is 0 Å². The summed E-state index contributed by atoms with van der Waals surface area (Å²) in [5, 5.41) is 9.19. The van der Waals surface area contributed by atoms with Gasteiger partial charge in [-0.25, -0.2) is 4.79 Å². The third kappa shape index (κ3) is 1.75. The fourth-order valence-corrected chi connectivity index (χ4v) is 0.759. The van der Waals surface area contributed by atoms with E-state index in [2.05, 4.69) is 15.5 Å². The van der Waals surface area contributed by atoms with Crippen molar-refractivity contribution in [1.82, 2.24) is 10.2 Å². The zero-order valence-corrected chi connectivity index (χ0v) is 7.05. The molecule has 0 saturated carbocycles. The Morgan fingerprint density at radius 1 is 1.83 bits per heavy atom. The Morgan fingerprint density at radius 3 is 3.08 bits per heavy atom. The predicted octanol–water partition coefficient (Wildman–Crippen LogP) is 0.628. The van der Waals surface area contributed by atoms with Crippen molar-refractivity contribution in [1.29, 1.82) is 0 Å². The fourth-order valence-electron chi connectivity index (χ4n) is 0.759. The van der Waals surface area contributed by atoms with Crippen molar-refractivity contribution in [2.45, 2.75) is 6.92 Å². The van der Waals surface area contributed by atoms with Crippen molar-refractivity contribution >= 4 is 11.8 Å². The van der Waals surface area contributed by atoms with Gasteiger partial charge in [0.25, 0.3) is 0 Å². The minimum Gasteiger partial charge on any atom is -0.461 e. The van der Waals surface area contributed by atoms with Crippen molar-refractivity contribution in [3.05, 3.63) is 11.8 Å². The van der Waals surface area contributed by atoms with Gasteiger partial charge in [-0.1, -0.05) is 0 Å². The molecule has 0 aliphatic carbocycles. The Morgan fingerprint density at radius 2 is 2.58 bits per heavy atom. The van der Waals surface area contributed by atoms with Gasteiger partial charge in [0.15, 0.2) is 5.69 Å². The Kier molecular flexibility index (Phi) is 2.68. The lowest BCUT2D eigenvalue weighted by molar-refractivity contribution is 0.0519. The number of nitrogens with zero attached hydrogens (tertiary/aromatic N) is 1. The SMILES string of the molecule is CCOC(=O)c1cc(NC)[nH]n1. The lowest BCUT2D eigenvalue weighted by atomic mass is 10.4. The number of esters is 1. The van der Waals surface area contributed by atoms with Crippen molar-refractivity contribution in [3.63, 3.8) is 0 Å². The Balaban J connectivity index is 2.68. The molecule has 1 aromatic rings. The van der Waals surface area contributed by atoms with E-state index in [-0.39, 0.29) is 0 Å². The highest BCUT2D eigenvalue weighted by Crippen LogP contribution is 2.04. The summed E-state index contributed by atoms with van der Waals surface area (Å²) in [4.78, 5) is 11.0. The van der Waals surface area contributed by atoms with Gasteiger partial charge in [0.1, 0.15) is 5.82 Å². The molecule has 5 heteroatoms. The smallest absolute Gasteiger partial charge is 0.358 e. The molecule has 0 aliphatic rings. The van der Waals surface area contributed by atoms with Gasteiger partial charge in [-0.3, -0.25) is 5.10 Å². The number of hydrogen-bond donors (Lipinski definition) is 2. The van der Waals surface area contributed by atoms with Gasteiger partial charge in [0.2, 0.25) is 0 Å². The Hall–Kier alpha value is -1.52. The zero-order valence-electron chi connectivity index (χ0n) is 7.05. The van der Waals surface area contributed by atoms with Crippen molar-refractivity contribution < 1.29 is 9.53 Å². The van der Waals surface area contributed by atoms with Gasteiger partial charge in [0.05, 0.1) is 6.61 Å². The van der Waals surface area contributed by atoms with E-state index in [0.717, 1.165) is 0 Å². The highest BCUT2D eigenvalue weighted by molar-refractivity contribution is 5.88. The lowest BCUT2D eigenvalue weighted by Gasteiger charge is -1.95. The highest BCUT2D eigenvalue weighted by atomic mass is 16.5. The second kappa shape index (κ2) is 3.75. The highest BCUT2D eigenvalue weighted by Gasteiger charge is 2.09. The molecule has 0 spiro atoms. The van der Waals surface area contributed by atoms with Crippen LogP contribution in [-0.4, -0.2) is 29.8 Å². The summed E-state index contributed by atoms with van der Waals surface area (Å²) in [5.74, 6) is 0.285. The summed E-state index contributed by atoms with van der Waals surface area (Å²) >= 11 is 0. The number of aromatic amines is 1. The number of carbonyl (C=O) groups is 1.